The zero-order chi connectivity index (χ0) is 8.65. The Hall–Kier alpha value is -0.0400. The highest BCUT2D eigenvalue weighted by atomic mass is 14.8. The van der Waals surface area contributed by atoms with E-state index >= 15 is 0 Å². The zero-order valence-electron chi connectivity index (χ0n) is 8.22. The van der Waals surface area contributed by atoms with Gasteiger partial charge in [-0.1, -0.05) is 27.7 Å². The van der Waals surface area contributed by atoms with Crippen molar-refractivity contribution in [1.29, 1.82) is 0 Å². The molecule has 1 heteroatoms. The van der Waals surface area contributed by atoms with Crippen molar-refractivity contribution in [2.75, 3.05) is 0 Å². The molecule has 0 bridgehead atoms. The zero-order valence-corrected chi connectivity index (χ0v) is 8.22. The first kappa shape index (κ1) is 9.05. The van der Waals surface area contributed by atoms with Crippen molar-refractivity contribution in [3.05, 3.63) is 0 Å². The molecule has 0 heterocycles. The van der Waals surface area contributed by atoms with Crippen LogP contribution in [0.1, 0.15) is 40.5 Å². The fourth-order valence-electron chi connectivity index (χ4n) is 2.30. The predicted molar refractivity (Wildman–Crippen MR) is 49.3 cm³/mol. The van der Waals surface area contributed by atoms with E-state index in [2.05, 4.69) is 27.7 Å². The van der Waals surface area contributed by atoms with Gasteiger partial charge in [0.15, 0.2) is 0 Å². The van der Waals surface area contributed by atoms with Crippen LogP contribution in [0, 0.1) is 17.3 Å². The lowest BCUT2D eigenvalue weighted by atomic mass is 9.90. The third-order valence-electron chi connectivity index (χ3n) is 3.44. The lowest BCUT2D eigenvalue weighted by molar-refractivity contribution is 0.346. The molecule has 0 aliphatic heterocycles. The maximum atomic E-state index is 6.04. The summed E-state index contributed by atoms with van der Waals surface area (Å²) in [5.74, 6) is 1.70. The van der Waals surface area contributed by atoms with E-state index in [9.17, 15) is 0 Å². The molecule has 0 aromatic heterocycles. The van der Waals surface area contributed by atoms with Crippen molar-refractivity contribution >= 4 is 0 Å². The van der Waals surface area contributed by atoms with Crippen LogP contribution in [0.15, 0.2) is 0 Å². The van der Waals surface area contributed by atoms with Gasteiger partial charge in [0.2, 0.25) is 0 Å². The molecule has 0 saturated heterocycles. The van der Waals surface area contributed by atoms with Gasteiger partial charge in [-0.3, -0.25) is 0 Å². The minimum atomic E-state index is 0.426. The molecule has 1 nitrogen and oxygen atoms in total. The molecular weight excluding hydrogens is 134 g/mol. The molecule has 11 heavy (non-hydrogen) atoms. The van der Waals surface area contributed by atoms with Crippen LogP contribution in [0.4, 0.5) is 0 Å². The van der Waals surface area contributed by atoms with Crippen LogP contribution in [0.25, 0.3) is 0 Å². The Labute approximate surface area is 70.4 Å². The number of rotatable bonds is 3. The summed E-state index contributed by atoms with van der Waals surface area (Å²) < 4.78 is 0. The Balaban J connectivity index is 2.48. The highest BCUT2D eigenvalue weighted by molar-refractivity contribution is 5.05. The largest absolute Gasteiger partial charge is 0.327 e. The van der Waals surface area contributed by atoms with Crippen molar-refractivity contribution in [1.82, 2.24) is 0 Å². The van der Waals surface area contributed by atoms with E-state index in [-0.39, 0.29) is 0 Å². The molecule has 0 aromatic rings. The van der Waals surface area contributed by atoms with Crippen molar-refractivity contribution in [3.63, 3.8) is 0 Å². The normalized spacial score (nSPS) is 39.3. The molecule has 0 amide bonds. The third-order valence-corrected chi connectivity index (χ3v) is 3.44. The van der Waals surface area contributed by atoms with Gasteiger partial charge in [0, 0.05) is 6.04 Å². The quantitative estimate of drug-likeness (QED) is 0.665. The molecule has 1 aliphatic rings. The van der Waals surface area contributed by atoms with Crippen LogP contribution in [-0.4, -0.2) is 6.04 Å². The van der Waals surface area contributed by atoms with Crippen LogP contribution in [0.3, 0.4) is 0 Å². The van der Waals surface area contributed by atoms with Crippen LogP contribution in [0.2, 0.25) is 0 Å². The summed E-state index contributed by atoms with van der Waals surface area (Å²) >= 11 is 0. The summed E-state index contributed by atoms with van der Waals surface area (Å²) in [6.07, 6.45) is 2.47. The van der Waals surface area contributed by atoms with Gasteiger partial charge >= 0.3 is 0 Å². The van der Waals surface area contributed by atoms with Gasteiger partial charge < -0.3 is 5.73 Å². The fraction of sp³-hybridized carbons (Fsp3) is 1.00. The van der Waals surface area contributed by atoms with E-state index in [1.165, 1.54) is 6.42 Å². The highest BCUT2D eigenvalue weighted by Crippen LogP contribution is 2.58. The molecule has 1 saturated carbocycles. The van der Waals surface area contributed by atoms with Gasteiger partial charge in [-0.15, -0.1) is 0 Å². The van der Waals surface area contributed by atoms with Crippen molar-refractivity contribution in [2.24, 2.45) is 23.0 Å². The monoisotopic (exact) mass is 155 g/mol. The molecule has 1 aliphatic carbocycles. The first-order valence-electron chi connectivity index (χ1n) is 4.78. The Morgan fingerprint density at radius 3 is 2.36 bits per heavy atom. The average molecular weight is 155 g/mol. The maximum absolute atomic E-state index is 6.04. The number of hydrogen-bond acceptors (Lipinski definition) is 1. The van der Waals surface area contributed by atoms with Crippen LogP contribution in [0.5, 0.6) is 0 Å². The van der Waals surface area contributed by atoms with E-state index in [0.717, 1.165) is 18.3 Å². The Morgan fingerprint density at radius 1 is 1.55 bits per heavy atom. The second-order valence-corrected chi connectivity index (χ2v) is 4.58. The second kappa shape index (κ2) is 2.78. The van der Waals surface area contributed by atoms with E-state index in [0.29, 0.717) is 11.5 Å². The minimum Gasteiger partial charge on any atom is -0.327 e. The van der Waals surface area contributed by atoms with Gasteiger partial charge in [-0.2, -0.15) is 0 Å². The summed E-state index contributed by atoms with van der Waals surface area (Å²) in [4.78, 5) is 0. The van der Waals surface area contributed by atoms with Gasteiger partial charge in [-0.25, -0.2) is 0 Å². The van der Waals surface area contributed by atoms with E-state index in [1.54, 1.807) is 0 Å². The van der Waals surface area contributed by atoms with Crippen LogP contribution in [-0.2, 0) is 0 Å². The van der Waals surface area contributed by atoms with Crippen molar-refractivity contribution < 1.29 is 0 Å². The van der Waals surface area contributed by atoms with Crippen LogP contribution >= 0.6 is 0 Å². The fourth-order valence-corrected chi connectivity index (χ4v) is 2.30. The Bertz CT molecular complexity index is 142. The molecule has 1 rings (SSSR count). The predicted octanol–water partition coefficient (Wildman–Crippen LogP) is 2.41. The second-order valence-electron chi connectivity index (χ2n) is 4.58. The summed E-state index contributed by atoms with van der Waals surface area (Å²) in [5.41, 5.74) is 6.52. The summed E-state index contributed by atoms with van der Waals surface area (Å²) in [7, 11) is 0. The molecule has 3 unspecified atom stereocenters. The number of hydrogen-bond donors (Lipinski definition) is 1. The topological polar surface area (TPSA) is 26.0 Å². The van der Waals surface area contributed by atoms with E-state index in [1.807, 2.05) is 0 Å². The maximum Gasteiger partial charge on any atom is 0.00931 e. The SMILES string of the molecule is CCC(N)C1(C)CC1C(C)C. The van der Waals surface area contributed by atoms with Gasteiger partial charge in [0.25, 0.3) is 0 Å². The smallest absolute Gasteiger partial charge is 0.00931 e. The van der Waals surface area contributed by atoms with Crippen LogP contribution < -0.4 is 5.73 Å². The highest BCUT2D eigenvalue weighted by Gasteiger charge is 2.54. The van der Waals surface area contributed by atoms with Gasteiger partial charge in [0.05, 0.1) is 0 Å². The Morgan fingerprint density at radius 2 is 2.09 bits per heavy atom. The van der Waals surface area contributed by atoms with E-state index < -0.39 is 0 Å². The molecule has 0 radical (unpaired) electrons. The lowest BCUT2D eigenvalue weighted by Gasteiger charge is -2.20. The molecule has 0 aromatic carbocycles. The van der Waals surface area contributed by atoms with Crippen molar-refractivity contribution in [2.45, 2.75) is 46.6 Å². The lowest BCUT2D eigenvalue weighted by Crippen LogP contribution is -2.30. The summed E-state index contributed by atoms with van der Waals surface area (Å²) in [5, 5.41) is 0. The molecule has 0 spiro atoms. The standard InChI is InChI=1S/C10H21N/c1-5-9(11)10(4)6-8(10)7(2)3/h7-9H,5-6,11H2,1-4H3. The summed E-state index contributed by atoms with van der Waals surface area (Å²) in [6, 6.07) is 0.426. The van der Waals surface area contributed by atoms with Crippen molar-refractivity contribution in [3.8, 4) is 0 Å². The average Bonchev–Trinajstić information content (AvgIpc) is 2.62. The molecular formula is C10H21N. The first-order valence-corrected chi connectivity index (χ1v) is 4.78. The molecule has 66 valence electrons. The minimum absolute atomic E-state index is 0.426. The third kappa shape index (κ3) is 1.44. The first-order chi connectivity index (χ1) is 5.02. The van der Waals surface area contributed by atoms with E-state index in [4.69, 9.17) is 5.73 Å². The van der Waals surface area contributed by atoms with Gasteiger partial charge in [0.1, 0.15) is 0 Å². The molecule has 3 atom stereocenters. The molecule has 2 N–H and O–H groups in total. The summed E-state index contributed by atoms with van der Waals surface area (Å²) in [6.45, 7) is 9.13. The Kier molecular flexibility index (Phi) is 2.29. The van der Waals surface area contributed by atoms with Gasteiger partial charge in [-0.05, 0) is 30.1 Å². The number of nitrogens with two attached hydrogens (primary N) is 1. The molecule has 1 fully saturated rings.